The third kappa shape index (κ3) is 2.71. The van der Waals surface area contributed by atoms with Crippen molar-refractivity contribution in [3.8, 4) is 11.5 Å². The van der Waals surface area contributed by atoms with Gasteiger partial charge in [-0.15, -0.1) is 0 Å². The van der Waals surface area contributed by atoms with Crippen molar-refractivity contribution in [2.45, 2.75) is 5.79 Å². The molecular formula is C14H13NO5. The molecule has 0 saturated carbocycles. The number of anilines is 1. The minimum absolute atomic E-state index is 0.0144. The molecule has 2 aromatic rings. The summed E-state index contributed by atoms with van der Waals surface area (Å²) in [5.41, 5.74) is 0.134. The van der Waals surface area contributed by atoms with Crippen molar-refractivity contribution in [1.29, 1.82) is 0 Å². The summed E-state index contributed by atoms with van der Waals surface area (Å²) in [7, 11) is 0. The van der Waals surface area contributed by atoms with Gasteiger partial charge in [0.15, 0.2) is 11.5 Å². The lowest BCUT2D eigenvalue weighted by atomic mass is 10.1. The predicted octanol–water partition coefficient (Wildman–Crippen LogP) is 0.874. The third-order valence-corrected chi connectivity index (χ3v) is 2.73. The fourth-order valence-corrected chi connectivity index (χ4v) is 1.62. The zero-order valence-corrected chi connectivity index (χ0v) is 10.3. The molecule has 0 spiro atoms. The number of benzene rings is 2. The highest BCUT2D eigenvalue weighted by Gasteiger charge is 2.35. The van der Waals surface area contributed by atoms with Crippen LogP contribution in [-0.4, -0.2) is 26.3 Å². The number of aliphatic hydroxyl groups is 2. The molecule has 0 radical (unpaired) electrons. The second-order valence-electron chi connectivity index (χ2n) is 4.20. The number of aromatic hydroxyl groups is 2. The molecule has 0 aliphatic rings. The molecule has 0 aromatic heterocycles. The number of rotatable bonds is 3. The van der Waals surface area contributed by atoms with Gasteiger partial charge < -0.3 is 25.7 Å². The summed E-state index contributed by atoms with van der Waals surface area (Å²) in [5, 5.41) is 40.4. The molecule has 0 aliphatic carbocycles. The number of carbonyl (C=O) groups excluding carboxylic acids is 1. The minimum Gasteiger partial charge on any atom is -0.504 e. The predicted molar refractivity (Wildman–Crippen MR) is 71.0 cm³/mol. The molecule has 6 nitrogen and oxygen atoms in total. The van der Waals surface area contributed by atoms with Gasteiger partial charge in [-0.1, -0.05) is 30.3 Å². The molecule has 2 aromatic carbocycles. The Morgan fingerprint density at radius 3 is 2.20 bits per heavy atom. The van der Waals surface area contributed by atoms with E-state index in [9.17, 15) is 20.1 Å². The maximum absolute atomic E-state index is 11.9. The highest BCUT2D eigenvalue weighted by molar-refractivity contribution is 5.96. The Morgan fingerprint density at radius 2 is 1.60 bits per heavy atom. The first-order valence-electron chi connectivity index (χ1n) is 5.75. The average Bonchev–Trinajstić information content (AvgIpc) is 2.44. The van der Waals surface area contributed by atoms with Gasteiger partial charge in [-0.05, 0) is 12.1 Å². The highest BCUT2D eigenvalue weighted by atomic mass is 16.5. The Bertz CT molecular complexity index is 625. The molecule has 104 valence electrons. The third-order valence-electron chi connectivity index (χ3n) is 2.73. The molecule has 0 bridgehead atoms. The molecule has 6 heteroatoms. The van der Waals surface area contributed by atoms with Gasteiger partial charge >= 0.3 is 0 Å². The normalized spacial score (nSPS) is 11.1. The van der Waals surface area contributed by atoms with Gasteiger partial charge in [0.2, 0.25) is 0 Å². The molecule has 0 fully saturated rings. The lowest BCUT2D eigenvalue weighted by Gasteiger charge is -2.21. The fraction of sp³-hybridized carbons (Fsp3) is 0.0714. The SMILES string of the molecule is O=C(Nc1ccc(O)c(O)c1)C(O)(O)c1ccccc1. The molecule has 0 saturated heterocycles. The Labute approximate surface area is 114 Å². The summed E-state index contributed by atoms with van der Waals surface area (Å²) in [6.45, 7) is 0. The number of phenols is 2. The summed E-state index contributed by atoms with van der Waals surface area (Å²) in [6.07, 6.45) is 0. The second-order valence-corrected chi connectivity index (χ2v) is 4.20. The van der Waals surface area contributed by atoms with Crippen LogP contribution < -0.4 is 5.32 Å². The maximum Gasteiger partial charge on any atom is 0.289 e. The number of amides is 1. The van der Waals surface area contributed by atoms with Crippen LogP contribution >= 0.6 is 0 Å². The smallest absolute Gasteiger partial charge is 0.289 e. The van der Waals surface area contributed by atoms with E-state index in [2.05, 4.69) is 5.32 Å². The maximum atomic E-state index is 11.9. The van der Waals surface area contributed by atoms with E-state index in [0.29, 0.717) is 0 Å². The van der Waals surface area contributed by atoms with Crippen molar-refractivity contribution in [3.63, 3.8) is 0 Å². The first-order chi connectivity index (χ1) is 9.41. The lowest BCUT2D eigenvalue weighted by molar-refractivity contribution is -0.183. The van der Waals surface area contributed by atoms with E-state index in [-0.39, 0.29) is 17.0 Å². The molecule has 0 heterocycles. The number of phenolic OH excluding ortho intramolecular Hbond substituents is 2. The summed E-state index contributed by atoms with van der Waals surface area (Å²) >= 11 is 0. The zero-order chi connectivity index (χ0) is 14.8. The van der Waals surface area contributed by atoms with E-state index in [0.717, 1.165) is 6.07 Å². The van der Waals surface area contributed by atoms with Crippen LogP contribution in [0.5, 0.6) is 11.5 Å². The van der Waals surface area contributed by atoms with Crippen molar-refractivity contribution in [2.75, 3.05) is 5.32 Å². The van der Waals surface area contributed by atoms with Crippen LogP contribution in [0.2, 0.25) is 0 Å². The molecular weight excluding hydrogens is 262 g/mol. The number of nitrogens with one attached hydrogen (secondary N) is 1. The van der Waals surface area contributed by atoms with Crippen molar-refractivity contribution in [3.05, 3.63) is 54.1 Å². The Hall–Kier alpha value is -2.57. The van der Waals surface area contributed by atoms with Crippen LogP contribution in [0.15, 0.2) is 48.5 Å². The number of hydrogen-bond acceptors (Lipinski definition) is 5. The van der Waals surface area contributed by atoms with Gasteiger partial charge in [0.1, 0.15) is 0 Å². The summed E-state index contributed by atoms with van der Waals surface area (Å²) in [6, 6.07) is 11.2. The Morgan fingerprint density at radius 1 is 0.950 bits per heavy atom. The number of carbonyl (C=O) groups is 1. The molecule has 2 rings (SSSR count). The quantitative estimate of drug-likeness (QED) is 0.324. The highest BCUT2D eigenvalue weighted by Crippen LogP contribution is 2.28. The molecule has 0 unspecified atom stereocenters. The van der Waals surface area contributed by atoms with Crippen LogP contribution in [0.1, 0.15) is 5.56 Å². The van der Waals surface area contributed by atoms with Crippen molar-refractivity contribution in [2.24, 2.45) is 0 Å². The van der Waals surface area contributed by atoms with Crippen molar-refractivity contribution >= 4 is 11.6 Å². The fourth-order valence-electron chi connectivity index (χ4n) is 1.62. The average molecular weight is 275 g/mol. The van der Waals surface area contributed by atoms with E-state index >= 15 is 0 Å². The van der Waals surface area contributed by atoms with Gasteiger partial charge in [0.05, 0.1) is 0 Å². The summed E-state index contributed by atoms with van der Waals surface area (Å²) < 4.78 is 0. The topological polar surface area (TPSA) is 110 Å². The van der Waals surface area contributed by atoms with Crippen LogP contribution in [0.25, 0.3) is 0 Å². The van der Waals surface area contributed by atoms with Crippen molar-refractivity contribution in [1.82, 2.24) is 0 Å². The standard InChI is InChI=1S/C14H13NO5/c16-11-7-6-10(8-12(11)17)15-13(18)14(19,20)9-4-2-1-3-5-9/h1-8,16-17,19-20H,(H,15,18). The van der Waals surface area contributed by atoms with Crippen LogP contribution in [0.4, 0.5) is 5.69 Å². The Kier molecular flexibility index (Phi) is 3.60. The first kappa shape index (κ1) is 13.9. The largest absolute Gasteiger partial charge is 0.504 e. The monoisotopic (exact) mass is 275 g/mol. The molecule has 1 amide bonds. The second kappa shape index (κ2) is 5.20. The van der Waals surface area contributed by atoms with Gasteiger partial charge in [-0.3, -0.25) is 4.79 Å². The van der Waals surface area contributed by atoms with E-state index in [1.54, 1.807) is 18.2 Å². The van der Waals surface area contributed by atoms with Gasteiger partial charge in [0, 0.05) is 17.3 Å². The van der Waals surface area contributed by atoms with E-state index in [4.69, 9.17) is 5.11 Å². The van der Waals surface area contributed by atoms with Crippen LogP contribution in [-0.2, 0) is 10.6 Å². The van der Waals surface area contributed by atoms with E-state index in [1.165, 1.54) is 24.3 Å². The van der Waals surface area contributed by atoms with Crippen LogP contribution in [0.3, 0.4) is 0 Å². The Balaban J connectivity index is 2.21. The lowest BCUT2D eigenvalue weighted by Crippen LogP contribution is -2.40. The number of hydrogen-bond donors (Lipinski definition) is 5. The van der Waals surface area contributed by atoms with E-state index < -0.39 is 17.4 Å². The van der Waals surface area contributed by atoms with E-state index in [1.807, 2.05) is 0 Å². The first-order valence-corrected chi connectivity index (χ1v) is 5.75. The zero-order valence-electron chi connectivity index (χ0n) is 10.3. The summed E-state index contributed by atoms with van der Waals surface area (Å²) in [4.78, 5) is 11.9. The molecule has 0 atom stereocenters. The molecule has 0 aliphatic heterocycles. The van der Waals surface area contributed by atoms with Gasteiger partial charge in [-0.2, -0.15) is 0 Å². The van der Waals surface area contributed by atoms with Crippen molar-refractivity contribution < 1.29 is 25.2 Å². The molecule has 5 N–H and O–H groups in total. The molecule has 20 heavy (non-hydrogen) atoms. The van der Waals surface area contributed by atoms with Gasteiger partial charge in [-0.25, -0.2) is 0 Å². The van der Waals surface area contributed by atoms with Crippen LogP contribution in [0, 0.1) is 0 Å². The minimum atomic E-state index is -2.70. The summed E-state index contributed by atoms with van der Waals surface area (Å²) in [5.74, 6) is -4.54. The van der Waals surface area contributed by atoms with Gasteiger partial charge in [0.25, 0.3) is 11.7 Å².